The summed E-state index contributed by atoms with van der Waals surface area (Å²) >= 11 is 0. The minimum absolute atomic E-state index is 0.0166. The van der Waals surface area contributed by atoms with E-state index in [0.717, 1.165) is 51.4 Å². The van der Waals surface area contributed by atoms with Crippen LogP contribution in [0.2, 0.25) is 0 Å². The van der Waals surface area contributed by atoms with E-state index in [1.165, 1.54) is 31.3 Å². The molecule has 0 heterocycles. The predicted octanol–water partition coefficient (Wildman–Crippen LogP) is 4.59. The Morgan fingerprint density at radius 1 is 1.06 bits per heavy atom. The van der Waals surface area contributed by atoms with Crippen molar-refractivity contribution >= 4 is 5.91 Å². The van der Waals surface area contributed by atoms with Crippen LogP contribution < -0.4 is 5.32 Å². The molecule has 0 unspecified atom stereocenters. The zero-order valence-electron chi connectivity index (χ0n) is 19.6. The molecule has 1 amide bonds. The SMILES string of the molecule is C[C@]12CC[C@H]3[C@@H](CC=C4C[C@@H](O)CC[C@@]43C)[C@@H]1C[C@H](CNC(=O)C1CCCCC1)[C@@H]2O. The van der Waals surface area contributed by atoms with Crippen molar-refractivity contribution in [3.05, 3.63) is 11.6 Å². The Kier molecular flexibility index (Phi) is 5.78. The van der Waals surface area contributed by atoms with Crippen molar-refractivity contribution in [2.24, 2.45) is 40.4 Å². The third-order valence-electron chi connectivity index (χ3n) is 10.7. The molecule has 0 saturated heterocycles. The molecule has 174 valence electrons. The first-order valence-corrected chi connectivity index (χ1v) is 13.2. The second-order valence-electron chi connectivity index (χ2n) is 12.2. The van der Waals surface area contributed by atoms with E-state index in [1.807, 2.05) is 0 Å². The number of allylic oxidation sites excluding steroid dienone is 1. The Hall–Kier alpha value is -0.870. The molecule has 4 heteroatoms. The van der Waals surface area contributed by atoms with Gasteiger partial charge in [-0.15, -0.1) is 0 Å². The summed E-state index contributed by atoms with van der Waals surface area (Å²) in [5.74, 6) is 2.46. The lowest BCUT2D eigenvalue weighted by Gasteiger charge is -2.57. The van der Waals surface area contributed by atoms with E-state index in [0.29, 0.717) is 24.3 Å². The first-order chi connectivity index (χ1) is 14.8. The smallest absolute Gasteiger partial charge is 0.223 e. The van der Waals surface area contributed by atoms with Gasteiger partial charge in [0, 0.05) is 18.4 Å². The van der Waals surface area contributed by atoms with Gasteiger partial charge in [-0.1, -0.05) is 44.8 Å². The largest absolute Gasteiger partial charge is 0.393 e. The van der Waals surface area contributed by atoms with E-state index < -0.39 is 0 Å². The van der Waals surface area contributed by atoms with Gasteiger partial charge in [-0.2, -0.15) is 0 Å². The summed E-state index contributed by atoms with van der Waals surface area (Å²) in [6.45, 7) is 5.43. The maximum absolute atomic E-state index is 12.7. The molecule has 5 aliphatic carbocycles. The average Bonchev–Trinajstić information content (AvgIpc) is 3.03. The van der Waals surface area contributed by atoms with E-state index in [1.54, 1.807) is 0 Å². The second kappa shape index (κ2) is 8.17. The lowest BCUT2D eigenvalue weighted by molar-refractivity contribution is -0.126. The Morgan fingerprint density at radius 3 is 2.61 bits per heavy atom. The summed E-state index contributed by atoms with van der Waals surface area (Å²) < 4.78 is 0. The number of fused-ring (bicyclic) bond motifs is 5. The molecule has 4 fully saturated rings. The molecule has 0 spiro atoms. The zero-order chi connectivity index (χ0) is 21.8. The van der Waals surface area contributed by atoms with E-state index in [9.17, 15) is 15.0 Å². The normalized spacial score (nSPS) is 47.7. The fourth-order valence-electron chi connectivity index (χ4n) is 8.73. The number of amides is 1. The van der Waals surface area contributed by atoms with Gasteiger partial charge in [0.2, 0.25) is 5.91 Å². The molecule has 8 atom stereocenters. The molecule has 0 aromatic rings. The molecule has 0 aliphatic heterocycles. The van der Waals surface area contributed by atoms with Gasteiger partial charge in [-0.05, 0) is 86.4 Å². The van der Waals surface area contributed by atoms with Crippen molar-refractivity contribution in [2.45, 2.75) is 103 Å². The molecule has 0 aromatic carbocycles. The summed E-state index contributed by atoms with van der Waals surface area (Å²) in [6, 6.07) is 0. The first-order valence-electron chi connectivity index (χ1n) is 13.2. The average molecular weight is 430 g/mol. The summed E-state index contributed by atoms with van der Waals surface area (Å²) in [6.07, 6.45) is 15.0. The Balaban J connectivity index is 1.29. The van der Waals surface area contributed by atoms with Crippen molar-refractivity contribution < 1.29 is 15.0 Å². The molecule has 4 nitrogen and oxygen atoms in total. The van der Waals surface area contributed by atoms with Gasteiger partial charge < -0.3 is 15.5 Å². The summed E-state index contributed by atoms with van der Waals surface area (Å²) in [7, 11) is 0. The van der Waals surface area contributed by atoms with Gasteiger partial charge in [-0.25, -0.2) is 0 Å². The predicted molar refractivity (Wildman–Crippen MR) is 122 cm³/mol. The third-order valence-corrected chi connectivity index (χ3v) is 10.7. The van der Waals surface area contributed by atoms with Crippen LogP contribution in [-0.2, 0) is 4.79 Å². The number of nitrogens with one attached hydrogen (secondary N) is 1. The van der Waals surface area contributed by atoms with Crippen LogP contribution in [0.1, 0.15) is 90.9 Å². The highest BCUT2D eigenvalue weighted by Gasteiger charge is 2.60. The monoisotopic (exact) mass is 429 g/mol. The maximum atomic E-state index is 12.7. The lowest BCUT2D eigenvalue weighted by atomic mass is 9.48. The van der Waals surface area contributed by atoms with Gasteiger partial charge in [-0.3, -0.25) is 4.79 Å². The van der Waals surface area contributed by atoms with Crippen molar-refractivity contribution in [1.82, 2.24) is 5.32 Å². The topological polar surface area (TPSA) is 69.6 Å². The molecule has 31 heavy (non-hydrogen) atoms. The van der Waals surface area contributed by atoms with Crippen LogP contribution in [0.15, 0.2) is 11.6 Å². The van der Waals surface area contributed by atoms with Crippen molar-refractivity contribution in [3.63, 3.8) is 0 Å². The summed E-state index contributed by atoms with van der Waals surface area (Å²) in [5.41, 5.74) is 1.73. The van der Waals surface area contributed by atoms with Crippen LogP contribution >= 0.6 is 0 Å². The third kappa shape index (κ3) is 3.60. The Labute approximate surface area is 188 Å². The van der Waals surface area contributed by atoms with Gasteiger partial charge in [0.05, 0.1) is 12.2 Å². The highest BCUT2D eigenvalue weighted by molar-refractivity contribution is 5.78. The van der Waals surface area contributed by atoms with Gasteiger partial charge in [0.1, 0.15) is 0 Å². The minimum Gasteiger partial charge on any atom is -0.393 e. The van der Waals surface area contributed by atoms with E-state index in [4.69, 9.17) is 0 Å². The van der Waals surface area contributed by atoms with Crippen LogP contribution in [0.4, 0.5) is 0 Å². The van der Waals surface area contributed by atoms with E-state index >= 15 is 0 Å². The van der Waals surface area contributed by atoms with Crippen molar-refractivity contribution in [3.8, 4) is 0 Å². The van der Waals surface area contributed by atoms with Crippen LogP contribution in [0.5, 0.6) is 0 Å². The van der Waals surface area contributed by atoms with Gasteiger partial charge in [0.15, 0.2) is 0 Å². The number of rotatable bonds is 3. The minimum atomic E-state index is -0.309. The molecule has 0 aromatic heterocycles. The van der Waals surface area contributed by atoms with E-state index in [-0.39, 0.29) is 40.8 Å². The number of carbonyl (C=O) groups is 1. The molecule has 0 radical (unpaired) electrons. The molecule has 0 bridgehead atoms. The highest BCUT2D eigenvalue weighted by atomic mass is 16.3. The zero-order valence-corrected chi connectivity index (χ0v) is 19.6. The van der Waals surface area contributed by atoms with Gasteiger partial charge >= 0.3 is 0 Å². The fraction of sp³-hybridized carbons (Fsp3) is 0.889. The quantitative estimate of drug-likeness (QED) is 0.575. The number of aliphatic hydroxyl groups excluding tert-OH is 2. The van der Waals surface area contributed by atoms with Crippen LogP contribution in [0.3, 0.4) is 0 Å². The molecule has 4 saturated carbocycles. The Morgan fingerprint density at radius 2 is 1.84 bits per heavy atom. The number of hydrogen-bond acceptors (Lipinski definition) is 3. The number of aliphatic hydroxyl groups is 2. The molecular formula is C27H43NO3. The molecule has 3 N–H and O–H groups in total. The lowest BCUT2D eigenvalue weighted by Crippen LogP contribution is -2.51. The highest BCUT2D eigenvalue weighted by Crippen LogP contribution is 2.65. The maximum Gasteiger partial charge on any atom is 0.223 e. The van der Waals surface area contributed by atoms with Crippen molar-refractivity contribution in [1.29, 1.82) is 0 Å². The number of hydrogen-bond donors (Lipinski definition) is 3. The van der Waals surface area contributed by atoms with E-state index in [2.05, 4.69) is 25.2 Å². The fourth-order valence-corrected chi connectivity index (χ4v) is 8.73. The van der Waals surface area contributed by atoms with Crippen LogP contribution in [-0.4, -0.2) is 34.9 Å². The second-order valence-corrected chi connectivity index (χ2v) is 12.2. The van der Waals surface area contributed by atoms with Crippen LogP contribution in [0, 0.1) is 40.4 Å². The molecular weight excluding hydrogens is 386 g/mol. The molecule has 5 rings (SSSR count). The standard InChI is InChI=1S/C27H43NO3/c1-26-12-10-20(29)15-19(26)8-9-21-22(26)11-13-27(2)23(21)14-18(24(27)30)16-28-25(31)17-6-4-3-5-7-17/h8,17-18,20-24,29-30H,3-7,9-16H2,1-2H3,(H,28,31)/t18-,20+,21-,22+,23+,24+,26+,27+/m1/s1. The molecule has 5 aliphatic rings. The Bertz CT molecular complexity index is 728. The summed E-state index contributed by atoms with van der Waals surface area (Å²) in [5, 5.41) is 24.8. The van der Waals surface area contributed by atoms with Gasteiger partial charge in [0.25, 0.3) is 0 Å². The van der Waals surface area contributed by atoms with Crippen LogP contribution in [0.25, 0.3) is 0 Å². The van der Waals surface area contributed by atoms with Crippen molar-refractivity contribution in [2.75, 3.05) is 6.54 Å². The summed E-state index contributed by atoms with van der Waals surface area (Å²) in [4.78, 5) is 12.7. The first kappa shape index (κ1) is 21.9. The number of carbonyl (C=O) groups excluding carboxylic acids is 1.